The highest BCUT2D eigenvalue weighted by Crippen LogP contribution is 2.14. The van der Waals surface area contributed by atoms with Crippen molar-refractivity contribution in [3.8, 4) is 0 Å². The summed E-state index contributed by atoms with van der Waals surface area (Å²) in [6.45, 7) is 11.0. The van der Waals surface area contributed by atoms with Crippen LogP contribution in [0.1, 0.15) is 36.6 Å². The Morgan fingerprint density at radius 3 is 2.37 bits per heavy atom. The molecule has 3 rings (SSSR count). The molecule has 1 saturated heterocycles. The molecular weight excluding hydrogens is 334 g/mol. The molecule has 1 fully saturated rings. The summed E-state index contributed by atoms with van der Waals surface area (Å²) in [6, 6.07) is 18.8. The lowest BCUT2D eigenvalue weighted by Crippen LogP contribution is -2.53. The summed E-state index contributed by atoms with van der Waals surface area (Å²) in [5, 5.41) is 3.16. The Bertz CT molecular complexity index is 738. The van der Waals surface area contributed by atoms with Crippen LogP contribution in [0.25, 0.3) is 0 Å². The van der Waals surface area contributed by atoms with E-state index in [9.17, 15) is 4.79 Å². The highest BCUT2D eigenvalue weighted by Gasteiger charge is 2.26. The van der Waals surface area contributed by atoms with Gasteiger partial charge in [0.15, 0.2) is 0 Å². The topological polar surface area (TPSA) is 35.6 Å². The summed E-state index contributed by atoms with van der Waals surface area (Å²) in [6.07, 6.45) is 0. The minimum atomic E-state index is -0.0997. The van der Waals surface area contributed by atoms with Gasteiger partial charge in [-0.15, -0.1) is 0 Å². The number of benzene rings is 2. The zero-order valence-electron chi connectivity index (χ0n) is 16.7. The van der Waals surface area contributed by atoms with Crippen molar-refractivity contribution in [2.24, 2.45) is 0 Å². The van der Waals surface area contributed by atoms with Gasteiger partial charge in [0.2, 0.25) is 5.91 Å². The first-order valence-corrected chi connectivity index (χ1v) is 9.90. The number of carbonyl (C=O) groups excluding carboxylic acids is 1. The SMILES string of the molecule is Cc1cccc(CN2CCN([C@@H](C)C(=O)N[C@@H](C)c3ccccc3)CC2)c1. The minimum absolute atomic E-state index is 0.0313. The fourth-order valence-electron chi connectivity index (χ4n) is 3.70. The van der Waals surface area contributed by atoms with E-state index in [0.29, 0.717) is 0 Å². The van der Waals surface area contributed by atoms with Crippen LogP contribution in [0, 0.1) is 6.92 Å². The van der Waals surface area contributed by atoms with Crippen LogP contribution < -0.4 is 5.32 Å². The number of nitrogens with one attached hydrogen (secondary N) is 1. The summed E-state index contributed by atoms with van der Waals surface area (Å²) in [5.41, 5.74) is 3.82. The summed E-state index contributed by atoms with van der Waals surface area (Å²) in [5.74, 6) is 0.110. The van der Waals surface area contributed by atoms with Crippen LogP contribution in [0.3, 0.4) is 0 Å². The fourth-order valence-corrected chi connectivity index (χ4v) is 3.70. The van der Waals surface area contributed by atoms with Gasteiger partial charge >= 0.3 is 0 Å². The van der Waals surface area contributed by atoms with E-state index in [-0.39, 0.29) is 18.0 Å². The maximum absolute atomic E-state index is 12.7. The van der Waals surface area contributed by atoms with E-state index in [4.69, 9.17) is 0 Å². The molecule has 1 amide bonds. The van der Waals surface area contributed by atoms with Crippen LogP contribution >= 0.6 is 0 Å². The quantitative estimate of drug-likeness (QED) is 0.852. The Morgan fingerprint density at radius 2 is 1.70 bits per heavy atom. The molecule has 1 aliphatic rings. The van der Waals surface area contributed by atoms with Gasteiger partial charge in [-0.3, -0.25) is 14.6 Å². The molecule has 4 nitrogen and oxygen atoms in total. The summed E-state index contributed by atoms with van der Waals surface area (Å²) >= 11 is 0. The summed E-state index contributed by atoms with van der Waals surface area (Å²) < 4.78 is 0. The molecule has 0 unspecified atom stereocenters. The van der Waals surface area contributed by atoms with E-state index in [1.54, 1.807) is 0 Å². The highest BCUT2D eigenvalue weighted by molar-refractivity contribution is 5.81. The smallest absolute Gasteiger partial charge is 0.237 e. The average molecular weight is 366 g/mol. The zero-order chi connectivity index (χ0) is 19.2. The van der Waals surface area contributed by atoms with E-state index in [1.807, 2.05) is 32.0 Å². The van der Waals surface area contributed by atoms with Crippen LogP contribution in [0.5, 0.6) is 0 Å². The van der Waals surface area contributed by atoms with Crippen molar-refractivity contribution in [1.29, 1.82) is 0 Å². The number of piperazine rings is 1. The van der Waals surface area contributed by atoms with Crippen molar-refractivity contribution >= 4 is 5.91 Å². The van der Waals surface area contributed by atoms with Crippen LogP contribution in [-0.4, -0.2) is 47.9 Å². The Hall–Kier alpha value is -2.17. The molecule has 0 radical (unpaired) electrons. The summed E-state index contributed by atoms with van der Waals surface area (Å²) in [7, 11) is 0. The predicted molar refractivity (Wildman–Crippen MR) is 110 cm³/mol. The van der Waals surface area contributed by atoms with Crippen LogP contribution in [0.2, 0.25) is 0 Å². The molecule has 2 aromatic carbocycles. The maximum atomic E-state index is 12.7. The molecule has 0 bridgehead atoms. The monoisotopic (exact) mass is 365 g/mol. The lowest BCUT2D eigenvalue weighted by atomic mass is 10.1. The van der Waals surface area contributed by atoms with Gasteiger partial charge in [0.25, 0.3) is 0 Å². The number of amides is 1. The van der Waals surface area contributed by atoms with E-state index in [2.05, 4.69) is 58.4 Å². The van der Waals surface area contributed by atoms with Crippen molar-refractivity contribution in [1.82, 2.24) is 15.1 Å². The number of hydrogen-bond acceptors (Lipinski definition) is 3. The van der Waals surface area contributed by atoms with Gasteiger partial charge in [-0.25, -0.2) is 0 Å². The minimum Gasteiger partial charge on any atom is -0.348 e. The van der Waals surface area contributed by atoms with Crippen molar-refractivity contribution in [3.05, 3.63) is 71.3 Å². The first-order valence-electron chi connectivity index (χ1n) is 9.90. The standard InChI is InChI=1S/C23H31N3O/c1-18-8-7-9-21(16-18)17-25-12-14-26(15-13-25)20(3)23(27)24-19(2)22-10-5-4-6-11-22/h4-11,16,19-20H,12-15,17H2,1-3H3,(H,24,27)/t19-,20-/m0/s1. The second-order valence-electron chi connectivity index (χ2n) is 7.62. The van der Waals surface area contributed by atoms with Gasteiger partial charge in [0, 0.05) is 32.7 Å². The van der Waals surface area contributed by atoms with Crippen LogP contribution in [-0.2, 0) is 11.3 Å². The van der Waals surface area contributed by atoms with Gasteiger partial charge in [-0.1, -0.05) is 60.2 Å². The molecule has 144 valence electrons. The maximum Gasteiger partial charge on any atom is 0.237 e. The van der Waals surface area contributed by atoms with Crippen molar-refractivity contribution < 1.29 is 4.79 Å². The third kappa shape index (κ3) is 5.41. The van der Waals surface area contributed by atoms with E-state index < -0.39 is 0 Å². The van der Waals surface area contributed by atoms with Crippen molar-refractivity contribution in [2.75, 3.05) is 26.2 Å². The number of rotatable bonds is 6. The molecule has 27 heavy (non-hydrogen) atoms. The molecule has 0 spiro atoms. The first-order chi connectivity index (χ1) is 13.0. The van der Waals surface area contributed by atoms with Crippen LogP contribution in [0.4, 0.5) is 0 Å². The first kappa shape index (κ1) is 19.6. The van der Waals surface area contributed by atoms with Crippen molar-refractivity contribution in [2.45, 2.75) is 39.4 Å². The lowest BCUT2D eigenvalue weighted by Gasteiger charge is -2.37. The number of aryl methyl sites for hydroxylation is 1. The number of hydrogen-bond donors (Lipinski definition) is 1. The van der Waals surface area contributed by atoms with E-state index >= 15 is 0 Å². The lowest BCUT2D eigenvalue weighted by molar-refractivity contribution is -0.127. The van der Waals surface area contributed by atoms with Crippen LogP contribution in [0.15, 0.2) is 54.6 Å². The van der Waals surface area contributed by atoms with Gasteiger partial charge in [0.1, 0.15) is 0 Å². The highest BCUT2D eigenvalue weighted by atomic mass is 16.2. The summed E-state index contributed by atoms with van der Waals surface area (Å²) in [4.78, 5) is 17.4. The van der Waals surface area contributed by atoms with Gasteiger partial charge < -0.3 is 5.32 Å². The zero-order valence-corrected chi connectivity index (χ0v) is 16.7. The Morgan fingerprint density at radius 1 is 1.00 bits per heavy atom. The fraction of sp³-hybridized carbons (Fsp3) is 0.435. The Balaban J connectivity index is 1.47. The molecule has 1 heterocycles. The molecule has 1 aliphatic heterocycles. The normalized spacial score (nSPS) is 18.0. The molecule has 1 N–H and O–H groups in total. The average Bonchev–Trinajstić information content (AvgIpc) is 2.68. The number of nitrogens with zero attached hydrogens (tertiary/aromatic N) is 2. The van der Waals surface area contributed by atoms with E-state index in [1.165, 1.54) is 11.1 Å². The largest absolute Gasteiger partial charge is 0.348 e. The molecular formula is C23H31N3O. The molecule has 2 aromatic rings. The molecule has 0 aliphatic carbocycles. The van der Waals surface area contributed by atoms with Gasteiger partial charge in [-0.2, -0.15) is 0 Å². The third-order valence-corrected chi connectivity index (χ3v) is 5.48. The van der Waals surface area contributed by atoms with Gasteiger partial charge in [0.05, 0.1) is 12.1 Å². The Kier molecular flexibility index (Phi) is 6.64. The molecule has 0 saturated carbocycles. The predicted octanol–water partition coefficient (Wildman–Crippen LogP) is 3.38. The second-order valence-corrected chi connectivity index (χ2v) is 7.62. The molecule has 0 aromatic heterocycles. The third-order valence-electron chi connectivity index (χ3n) is 5.48. The molecule has 4 heteroatoms. The second kappa shape index (κ2) is 9.16. The van der Waals surface area contributed by atoms with Crippen molar-refractivity contribution in [3.63, 3.8) is 0 Å². The van der Waals surface area contributed by atoms with Gasteiger partial charge in [-0.05, 0) is 31.9 Å². The number of carbonyl (C=O) groups is 1. The molecule has 2 atom stereocenters. The Labute approximate surface area is 163 Å². The van der Waals surface area contributed by atoms with E-state index in [0.717, 1.165) is 38.3 Å².